The van der Waals surface area contributed by atoms with Gasteiger partial charge in [-0.25, -0.2) is 9.67 Å². The molecule has 2 aromatic rings. The third-order valence-electron chi connectivity index (χ3n) is 2.57. The summed E-state index contributed by atoms with van der Waals surface area (Å²) >= 11 is 1.59. The molecule has 0 aliphatic carbocycles. The van der Waals surface area contributed by atoms with E-state index in [1.165, 1.54) is 0 Å². The number of thioether (sulfide) groups is 1. The molecule has 18 heavy (non-hydrogen) atoms. The Morgan fingerprint density at radius 2 is 2.17 bits per heavy atom. The molecule has 0 saturated carbocycles. The van der Waals surface area contributed by atoms with E-state index in [1.54, 1.807) is 18.1 Å². The predicted molar refractivity (Wildman–Crippen MR) is 68.8 cm³/mol. The molecule has 0 fully saturated rings. The Hall–Kier alpha value is -1.41. The summed E-state index contributed by atoms with van der Waals surface area (Å²) in [6.07, 6.45) is 2.63. The van der Waals surface area contributed by atoms with Crippen LogP contribution in [0, 0.1) is 0 Å². The molecule has 0 atom stereocenters. The molecule has 0 aromatic carbocycles. The van der Waals surface area contributed by atoms with Crippen LogP contribution in [-0.2, 0) is 25.9 Å². The van der Waals surface area contributed by atoms with Crippen molar-refractivity contribution in [3.63, 3.8) is 0 Å². The van der Waals surface area contributed by atoms with E-state index in [1.807, 2.05) is 16.3 Å². The fourth-order valence-corrected chi connectivity index (χ4v) is 2.46. The fourth-order valence-electron chi connectivity index (χ4n) is 1.58. The topological polar surface area (TPSA) is 87.4 Å². The van der Waals surface area contributed by atoms with E-state index in [9.17, 15) is 0 Å². The van der Waals surface area contributed by atoms with Gasteiger partial charge in [-0.2, -0.15) is 5.10 Å². The number of rotatable bonds is 6. The number of aromatic nitrogens is 6. The van der Waals surface area contributed by atoms with Crippen LogP contribution in [0.4, 0.5) is 0 Å². The van der Waals surface area contributed by atoms with Crippen LogP contribution in [0.5, 0.6) is 0 Å². The van der Waals surface area contributed by atoms with Crippen LogP contribution in [0.2, 0.25) is 0 Å². The number of nitrogens with two attached hydrogens (primary N) is 1. The lowest BCUT2D eigenvalue weighted by atomic mass is 10.5. The lowest BCUT2D eigenvalue weighted by Gasteiger charge is -2.04. The van der Waals surface area contributed by atoms with Crippen LogP contribution in [0.25, 0.3) is 0 Å². The third kappa shape index (κ3) is 2.70. The van der Waals surface area contributed by atoms with Crippen molar-refractivity contribution in [1.29, 1.82) is 0 Å². The van der Waals surface area contributed by atoms with Crippen molar-refractivity contribution in [3.05, 3.63) is 18.0 Å². The molecule has 2 heterocycles. The summed E-state index contributed by atoms with van der Waals surface area (Å²) in [4.78, 5) is 4.26. The molecule has 0 unspecified atom stereocenters. The molecule has 0 spiro atoms. The standard InChI is InChI=1S/C10H17N7S/c1-3-4-17-9(12-7-13-17)6-18-10-15-14-8(5-11)16(10)2/h7H,3-6,11H2,1-2H3. The average molecular weight is 267 g/mol. The van der Waals surface area contributed by atoms with E-state index in [0.717, 1.165) is 35.5 Å². The summed E-state index contributed by atoms with van der Waals surface area (Å²) in [5.41, 5.74) is 5.56. The van der Waals surface area contributed by atoms with Gasteiger partial charge in [-0.3, -0.25) is 0 Å². The van der Waals surface area contributed by atoms with Crippen LogP contribution in [0.15, 0.2) is 11.5 Å². The normalized spacial score (nSPS) is 11.1. The Labute approximate surface area is 110 Å². The molecule has 0 amide bonds. The quantitative estimate of drug-likeness (QED) is 0.770. The monoisotopic (exact) mass is 267 g/mol. The van der Waals surface area contributed by atoms with Gasteiger partial charge in [-0.05, 0) is 6.42 Å². The second-order valence-electron chi connectivity index (χ2n) is 3.85. The van der Waals surface area contributed by atoms with Gasteiger partial charge in [0.2, 0.25) is 0 Å². The number of hydrogen-bond donors (Lipinski definition) is 1. The maximum absolute atomic E-state index is 5.56. The highest BCUT2D eigenvalue weighted by Gasteiger charge is 2.10. The molecule has 2 rings (SSSR count). The molecular formula is C10H17N7S. The zero-order valence-electron chi connectivity index (χ0n) is 10.6. The first-order chi connectivity index (χ1) is 8.76. The Balaban J connectivity index is 2.02. The Morgan fingerprint density at radius 1 is 1.33 bits per heavy atom. The van der Waals surface area contributed by atoms with Gasteiger partial charge in [-0.15, -0.1) is 10.2 Å². The molecule has 0 bridgehead atoms. The minimum absolute atomic E-state index is 0.399. The van der Waals surface area contributed by atoms with Gasteiger partial charge in [0.05, 0.1) is 12.3 Å². The number of aryl methyl sites for hydroxylation is 1. The molecule has 0 aliphatic heterocycles. The first-order valence-electron chi connectivity index (χ1n) is 5.84. The van der Waals surface area contributed by atoms with E-state index in [4.69, 9.17) is 5.73 Å². The van der Waals surface area contributed by atoms with Gasteiger partial charge in [0, 0.05) is 13.6 Å². The zero-order valence-corrected chi connectivity index (χ0v) is 11.4. The molecule has 0 radical (unpaired) electrons. The molecule has 0 aliphatic rings. The average Bonchev–Trinajstić information content (AvgIpc) is 2.94. The predicted octanol–water partition coefficient (Wildman–Crippen LogP) is 0.568. The minimum Gasteiger partial charge on any atom is -0.324 e. The summed E-state index contributed by atoms with van der Waals surface area (Å²) in [6.45, 7) is 3.41. The molecular weight excluding hydrogens is 250 g/mol. The highest BCUT2D eigenvalue weighted by Crippen LogP contribution is 2.19. The lowest BCUT2D eigenvalue weighted by Crippen LogP contribution is -2.06. The number of nitrogens with zero attached hydrogens (tertiary/aromatic N) is 6. The van der Waals surface area contributed by atoms with E-state index in [2.05, 4.69) is 27.2 Å². The second-order valence-corrected chi connectivity index (χ2v) is 4.79. The van der Waals surface area contributed by atoms with Gasteiger partial charge in [0.1, 0.15) is 18.0 Å². The first kappa shape index (κ1) is 13.0. The summed E-state index contributed by atoms with van der Waals surface area (Å²) in [5.74, 6) is 2.47. The van der Waals surface area contributed by atoms with Crippen molar-refractivity contribution in [1.82, 2.24) is 29.5 Å². The zero-order chi connectivity index (χ0) is 13.0. The van der Waals surface area contributed by atoms with Crippen LogP contribution >= 0.6 is 11.8 Å². The van der Waals surface area contributed by atoms with E-state index in [0.29, 0.717) is 6.54 Å². The van der Waals surface area contributed by atoms with Gasteiger partial charge < -0.3 is 10.3 Å². The van der Waals surface area contributed by atoms with Gasteiger partial charge >= 0.3 is 0 Å². The van der Waals surface area contributed by atoms with E-state index in [-0.39, 0.29) is 0 Å². The smallest absolute Gasteiger partial charge is 0.191 e. The van der Waals surface area contributed by atoms with Crippen molar-refractivity contribution in [2.24, 2.45) is 12.8 Å². The van der Waals surface area contributed by atoms with Crippen LogP contribution in [0.3, 0.4) is 0 Å². The van der Waals surface area contributed by atoms with Crippen molar-refractivity contribution in [3.8, 4) is 0 Å². The summed E-state index contributed by atoms with van der Waals surface area (Å²) < 4.78 is 3.83. The fraction of sp³-hybridized carbons (Fsp3) is 0.600. The van der Waals surface area contributed by atoms with Gasteiger partial charge in [-0.1, -0.05) is 18.7 Å². The highest BCUT2D eigenvalue weighted by molar-refractivity contribution is 7.98. The highest BCUT2D eigenvalue weighted by atomic mass is 32.2. The van der Waals surface area contributed by atoms with Gasteiger partial charge in [0.25, 0.3) is 0 Å². The Morgan fingerprint density at radius 3 is 2.83 bits per heavy atom. The third-order valence-corrected chi connectivity index (χ3v) is 3.59. The van der Waals surface area contributed by atoms with Crippen LogP contribution in [-0.4, -0.2) is 29.5 Å². The largest absolute Gasteiger partial charge is 0.324 e. The van der Waals surface area contributed by atoms with Crippen LogP contribution in [0.1, 0.15) is 25.0 Å². The molecule has 2 aromatic heterocycles. The molecule has 8 heteroatoms. The number of hydrogen-bond acceptors (Lipinski definition) is 6. The molecule has 2 N–H and O–H groups in total. The SMILES string of the molecule is CCCn1ncnc1CSc1nnc(CN)n1C. The minimum atomic E-state index is 0.399. The first-order valence-corrected chi connectivity index (χ1v) is 6.82. The van der Waals surface area contributed by atoms with E-state index < -0.39 is 0 Å². The van der Waals surface area contributed by atoms with Crippen molar-refractivity contribution >= 4 is 11.8 Å². The Kier molecular flexibility index (Phi) is 4.32. The maximum atomic E-state index is 5.56. The molecule has 7 nitrogen and oxygen atoms in total. The second kappa shape index (κ2) is 5.96. The summed E-state index contributed by atoms with van der Waals surface area (Å²) in [6, 6.07) is 0. The Bertz CT molecular complexity index is 504. The maximum Gasteiger partial charge on any atom is 0.191 e. The van der Waals surface area contributed by atoms with Crippen molar-refractivity contribution in [2.45, 2.75) is 37.3 Å². The lowest BCUT2D eigenvalue weighted by molar-refractivity contribution is 0.581. The van der Waals surface area contributed by atoms with Crippen LogP contribution < -0.4 is 5.73 Å². The van der Waals surface area contributed by atoms with Crippen molar-refractivity contribution < 1.29 is 0 Å². The van der Waals surface area contributed by atoms with Crippen molar-refractivity contribution in [2.75, 3.05) is 0 Å². The van der Waals surface area contributed by atoms with E-state index >= 15 is 0 Å². The summed E-state index contributed by atoms with van der Waals surface area (Å²) in [7, 11) is 1.92. The molecule has 98 valence electrons. The summed E-state index contributed by atoms with van der Waals surface area (Å²) in [5, 5.41) is 13.2. The molecule has 0 saturated heterocycles. The van der Waals surface area contributed by atoms with Gasteiger partial charge in [0.15, 0.2) is 5.16 Å².